The molecule has 128 valence electrons. The van der Waals surface area contributed by atoms with Crippen LogP contribution < -0.4 is 11.1 Å². The molecule has 0 aliphatic heterocycles. The minimum atomic E-state index is -3.33. The largest absolute Gasteiger partial charge is 0.348 e. The number of nitrogens with two attached hydrogens (primary N) is 1. The van der Waals surface area contributed by atoms with Gasteiger partial charge in [0, 0.05) is 24.4 Å². The topological polar surface area (TPSA) is 89.3 Å². The number of hydrogen-bond donors (Lipinski definition) is 2. The lowest BCUT2D eigenvalue weighted by Crippen LogP contribution is -2.46. The lowest BCUT2D eigenvalue weighted by atomic mass is 9.83. The Balaban J connectivity index is 2.18. The molecule has 1 aromatic rings. The van der Waals surface area contributed by atoms with E-state index in [9.17, 15) is 13.2 Å². The van der Waals surface area contributed by atoms with Crippen LogP contribution in [-0.2, 0) is 9.84 Å². The van der Waals surface area contributed by atoms with Gasteiger partial charge in [-0.2, -0.15) is 0 Å². The van der Waals surface area contributed by atoms with Crippen LogP contribution in [0.2, 0.25) is 0 Å². The summed E-state index contributed by atoms with van der Waals surface area (Å²) in [6.45, 7) is 2.21. The van der Waals surface area contributed by atoms with E-state index in [0.29, 0.717) is 18.0 Å². The van der Waals surface area contributed by atoms with Gasteiger partial charge in [0.1, 0.15) is 0 Å². The minimum Gasteiger partial charge on any atom is -0.348 e. The van der Waals surface area contributed by atoms with Crippen molar-refractivity contribution in [1.82, 2.24) is 5.32 Å². The fourth-order valence-electron chi connectivity index (χ4n) is 3.23. The van der Waals surface area contributed by atoms with Gasteiger partial charge in [-0.05, 0) is 43.4 Å². The zero-order valence-electron chi connectivity index (χ0n) is 13.8. The van der Waals surface area contributed by atoms with Gasteiger partial charge in [-0.1, -0.05) is 25.3 Å². The first kappa shape index (κ1) is 17.9. The number of carbonyl (C=O) groups is 1. The fourth-order valence-corrected chi connectivity index (χ4v) is 3.88. The Morgan fingerprint density at radius 2 is 1.96 bits per heavy atom. The molecule has 0 aromatic heterocycles. The number of sulfone groups is 1. The highest BCUT2D eigenvalue weighted by Gasteiger charge is 2.25. The standard InChI is InChI=1S/C17H26N2O3S/c1-12-8-9-14(23(2,21)22)10-15(12)17(20)19-16(11-18)13-6-4-3-5-7-13/h8-10,13,16H,3-7,11,18H2,1-2H3,(H,19,20). The van der Waals surface area contributed by atoms with E-state index in [2.05, 4.69) is 5.32 Å². The van der Waals surface area contributed by atoms with E-state index in [-0.39, 0.29) is 16.8 Å². The quantitative estimate of drug-likeness (QED) is 0.860. The number of rotatable bonds is 5. The second-order valence-corrected chi connectivity index (χ2v) is 8.48. The number of nitrogens with one attached hydrogen (secondary N) is 1. The molecule has 0 heterocycles. The van der Waals surface area contributed by atoms with Crippen molar-refractivity contribution in [2.75, 3.05) is 12.8 Å². The summed E-state index contributed by atoms with van der Waals surface area (Å²) in [5.74, 6) is 0.171. The Labute approximate surface area is 138 Å². The summed E-state index contributed by atoms with van der Waals surface area (Å²) in [5, 5.41) is 3.01. The maximum absolute atomic E-state index is 12.6. The molecule has 1 saturated carbocycles. The van der Waals surface area contributed by atoms with Crippen molar-refractivity contribution < 1.29 is 13.2 Å². The van der Waals surface area contributed by atoms with Crippen molar-refractivity contribution in [1.29, 1.82) is 0 Å². The number of benzene rings is 1. The van der Waals surface area contributed by atoms with Crippen LogP contribution in [0.4, 0.5) is 0 Å². The molecule has 0 radical (unpaired) electrons. The third-order valence-corrected chi connectivity index (χ3v) is 5.78. The first-order chi connectivity index (χ1) is 10.8. The van der Waals surface area contributed by atoms with E-state index in [1.165, 1.54) is 31.4 Å². The van der Waals surface area contributed by atoms with E-state index in [4.69, 9.17) is 5.73 Å². The van der Waals surface area contributed by atoms with Gasteiger partial charge in [-0.3, -0.25) is 4.79 Å². The minimum absolute atomic E-state index is 0.0518. The molecule has 1 aliphatic rings. The summed E-state index contributed by atoms with van der Waals surface area (Å²) in [6.07, 6.45) is 6.93. The molecule has 5 nitrogen and oxygen atoms in total. The Bertz CT molecular complexity index is 664. The number of amides is 1. The molecule has 0 saturated heterocycles. The van der Waals surface area contributed by atoms with E-state index in [1.54, 1.807) is 13.0 Å². The number of aryl methyl sites for hydroxylation is 1. The zero-order valence-corrected chi connectivity index (χ0v) is 14.7. The molecule has 1 aromatic carbocycles. The highest BCUT2D eigenvalue weighted by molar-refractivity contribution is 7.90. The third-order valence-electron chi connectivity index (χ3n) is 4.67. The van der Waals surface area contributed by atoms with E-state index in [1.807, 2.05) is 0 Å². The van der Waals surface area contributed by atoms with Crippen LogP contribution in [0.5, 0.6) is 0 Å². The Morgan fingerprint density at radius 3 is 2.52 bits per heavy atom. The van der Waals surface area contributed by atoms with Gasteiger partial charge in [-0.15, -0.1) is 0 Å². The van der Waals surface area contributed by atoms with E-state index < -0.39 is 9.84 Å². The maximum atomic E-state index is 12.6. The van der Waals surface area contributed by atoms with Crippen molar-refractivity contribution in [2.45, 2.75) is 50.0 Å². The molecule has 1 unspecified atom stereocenters. The highest BCUT2D eigenvalue weighted by atomic mass is 32.2. The van der Waals surface area contributed by atoms with Gasteiger partial charge in [0.25, 0.3) is 5.91 Å². The van der Waals surface area contributed by atoms with Gasteiger partial charge in [0.15, 0.2) is 9.84 Å². The molecule has 0 spiro atoms. The summed E-state index contributed by atoms with van der Waals surface area (Å²) in [4.78, 5) is 12.8. The van der Waals surface area contributed by atoms with E-state index >= 15 is 0 Å². The van der Waals surface area contributed by atoms with Crippen LogP contribution in [0.25, 0.3) is 0 Å². The van der Waals surface area contributed by atoms with Gasteiger partial charge in [0.2, 0.25) is 0 Å². The number of carbonyl (C=O) groups excluding carboxylic acids is 1. The van der Waals surface area contributed by atoms with Crippen molar-refractivity contribution in [3.8, 4) is 0 Å². The maximum Gasteiger partial charge on any atom is 0.251 e. The number of hydrogen-bond acceptors (Lipinski definition) is 4. The average molecular weight is 338 g/mol. The van der Waals surface area contributed by atoms with Crippen LogP contribution in [0.3, 0.4) is 0 Å². The first-order valence-electron chi connectivity index (χ1n) is 8.14. The molecular formula is C17H26N2O3S. The smallest absolute Gasteiger partial charge is 0.251 e. The molecule has 1 fully saturated rings. The fraction of sp³-hybridized carbons (Fsp3) is 0.588. The van der Waals surface area contributed by atoms with Gasteiger partial charge < -0.3 is 11.1 Å². The van der Waals surface area contributed by atoms with Crippen molar-refractivity contribution in [2.24, 2.45) is 11.7 Å². The molecule has 1 aliphatic carbocycles. The van der Waals surface area contributed by atoms with Gasteiger partial charge in [0.05, 0.1) is 4.90 Å². The van der Waals surface area contributed by atoms with Crippen molar-refractivity contribution in [3.63, 3.8) is 0 Å². The van der Waals surface area contributed by atoms with E-state index in [0.717, 1.165) is 24.7 Å². The van der Waals surface area contributed by atoms with Crippen LogP contribution in [0.15, 0.2) is 23.1 Å². The summed E-state index contributed by atoms with van der Waals surface area (Å²) in [6, 6.07) is 4.60. The van der Waals surface area contributed by atoms with Crippen LogP contribution in [0, 0.1) is 12.8 Å². The predicted molar refractivity (Wildman–Crippen MR) is 91.2 cm³/mol. The van der Waals surface area contributed by atoms with Crippen LogP contribution in [-0.4, -0.2) is 33.2 Å². The zero-order chi connectivity index (χ0) is 17.0. The van der Waals surface area contributed by atoms with Crippen LogP contribution >= 0.6 is 0 Å². The summed E-state index contributed by atoms with van der Waals surface area (Å²) < 4.78 is 23.4. The average Bonchev–Trinajstić information content (AvgIpc) is 2.52. The van der Waals surface area contributed by atoms with Crippen molar-refractivity contribution >= 4 is 15.7 Å². The Kier molecular flexibility index (Phi) is 5.81. The molecule has 2 rings (SSSR count). The lowest BCUT2D eigenvalue weighted by molar-refractivity contribution is 0.0914. The SMILES string of the molecule is Cc1ccc(S(C)(=O)=O)cc1C(=O)NC(CN)C1CCCCC1. The first-order valence-corrected chi connectivity index (χ1v) is 10.0. The van der Waals surface area contributed by atoms with Crippen LogP contribution in [0.1, 0.15) is 48.0 Å². The third kappa shape index (κ3) is 4.54. The summed E-state index contributed by atoms with van der Waals surface area (Å²) in [7, 11) is -3.33. The Hall–Kier alpha value is -1.40. The molecule has 0 bridgehead atoms. The normalized spacial score (nSPS) is 17.7. The summed E-state index contributed by atoms with van der Waals surface area (Å²) in [5.41, 5.74) is 7.02. The highest BCUT2D eigenvalue weighted by Crippen LogP contribution is 2.26. The molecular weight excluding hydrogens is 312 g/mol. The molecule has 23 heavy (non-hydrogen) atoms. The molecule has 6 heteroatoms. The molecule has 1 amide bonds. The second kappa shape index (κ2) is 7.45. The van der Waals surface area contributed by atoms with Crippen molar-refractivity contribution in [3.05, 3.63) is 29.3 Å². The molecule has 3 N–H and O–H groups in total. The second-order valence-electron chi connectivity index (χ2n) is 6.46. The van der Waals surface area contributed by atoms with Gasteiger partial charge >= 0.3 is 0 Å². The summed E-state index contributed by atoms with van der Waals surface area (Å²) >= 11 is 0. The van der Waals surface area contributed by atoms with Gasteiger partial charge in [-0.25, -0.2) is 8.42 Å². The predicted octanol–water partition coefficient (Wildman–Crippen LogP) is 2.04. The molecule has 1 atom stereocenters. The Morgan fingerprint density at radius 1 is 1.30 bits per heavy atom. The monoisotopic (exact) mass is 338 g/mol. The lowest BCUT2D eigenvalue weighted by Gasteiger charge is -2.30.